The van der Waals surface area contributed by atoms with Crippen molar-refractivity contribution in [1.82, 2.24) is 0 Å². The highest BCUT2D eigenvalue weighted by atomic mass is 28.4. The summed E-state index contributed by atoms with van der Waals surface area (Å²) in [6.45, 7) is 9.58. The molecule has 0 unspecified atom stereocenters. The van der Waals surface area contributed by atoms with Crippen LogP contribution < -0.4 is 10.4 Å². The van der Waals surface area contributed by atoms with Gasteiger partial charge in [0.25, 0.3) is 8.32 Å². The van der Waals surface area contributed by atoms with Gasteiger partial charge in [-0.15, -0.1) is 0 Å². The van der Waals surface area contributed by atoms with E-state index >= 15 is 0 Å². The van der Waals surface area contributed by atoms with Gasteiger partial charge in [-0.2, -0.15) is 0 Å². The molecule has 1 aliphatic heterocycles. The molecule has 0 aliphatic carbocycles. The highest BCUT2D eigenvalue weighted by molar-refractivity contribution is 6.99. The molecule has 2 atom stereocenters. The minimum Gasteiger partial charge on any atom is -0.406 e. The first kappa shape index (κ1) is 18.9. The molecular weight excluding hydrogens is 336 g/mol. The normalized spacial score (nSPS) is 19.5. The van der Waals surface area contributed by atoms with E-state index in [0.717, 1.165) is 6.42 Å². The second-order valence-corrected chi connectivity index (χ2v) is 12.2. The molecule has 2 nitrogen and oxygen atoms in total. The third kappa shape index (κ3) is 3.93. The van der Waals surface area contributed by atoms with Gasteiger partial charge in [0.05, 0.1) is 6.10 Å². The van der Waals surface area contributed by atoms with Crippen molar-refractivity contribution in [2.45, 2.75) is 51.4 Å². The number of benzene rings is 2. The first-order valence-electron chi connectivity index (χ1n) is 9.34. The predicted molar refractivity (Wildman–Crippen MR) is 110 cm³/mol. The molecule has 3 rings (SSSR count). The Morgan fingerprint density at radius 1 is 0.962 bits per heavy atom. The Labute approximate surface area is 158 Å². The van der Waals surface area contributed by atoms with Crippen molar-refractivity contribution < 1.29 is 9.16 Å². The number of rotatable bonds is 5. The Morgan fingerprint density at radius 3 is 1.88 bits per heavy atom. The zero-order chi connectivity index (χ0) is 18.6. The van der Waals surface area contributed by atoms with Crippen molar-refractivity contribution in [3.05, 3.63) is 60.7 Å². The van der Waals surface area contributed by atoms with E-state index in [2.05, 4.69) is 100 Å². The fourth-order valence-electron chi connectivity index (χ4n) is 3.53. The van der Waals surface area contributed by atoms with E-state index in [-0.39, 0.29) is 11.1 Å². The molecule has 3 heteroatoms. The lowest BCUT2D eigenvalue weighted by molar-refractivity contribution is 0.306. The zero-order valence-electron chi connectivity index (χ0n) is 16.2. The maximum absolute atomic E-state index is 6.79. The smallest absolute Gasteiger partial charge is 0.261 e. The first-order chi connectivity index (χ1) is 12.4. The van der Waals surface area contributed by atoms with E-state index in [1.165, 1.54) is 10.4 Å². The van der Waals surface area contributed by atoms with Gasteiger partial charge in [-0.05, 0) is 22.3 Å². The van der Waals surface area contributed by atoms with Gasteiger partial charge in [0, 0.05) is 13.0 Å². The molecule has 1 aliphatic rings. The summed E-state index contributed by atoms with van der Waals surface area (Å²) < 4.78 is 12.1. The van der Waals surface area contributed by atoms with Gasteiger partial charge >= 0.3 is 0 Å². The molecule has 1 saturated heterocycles. The summed E-state index contributed by atoms with van der Waals surface area (Å²) in [5.74, 6) is 6.40. The number of epoxide rings is 1. The van der Waals surface area contributed by atoms with Crippen LogP contribution in [0, 0.1) is 11.8 Å². The van der Waals surface area contributed by atoms with Gasteiger partial charge in [0.1, 0.15) is 6.10 Å². The molecule has 0 amide bonds. The Kier molecular flexibility index (Phi) is 5.67. The summed E-state index contributed by atoms with van der Waals surface area (Å²) in [6.07, 6.45) is 1.15. The van der Waals surface area contributed by atoms with E-state index in [0.29, 0.717) is 12.7 Å². The molecule has 136 valence electrons. The second kappa shape index (κ2) is 7.80. The summed E-state index contributed by atoms with van der Waals surface area (Å²) in [6, 6.07) is 21.5. The minimum absolute atomic E-state index is 0.0112. The third-order valence-electron chi connectivity index (χ3n) is 4.92. The van der Waals surface area contributed by atoms with Crippen LogP contribution in [0.2, 0.25) is 5.04 Å². The van der Waals surface area contributed by atoms with Crippen LogP contribution in [0.5, 0.6) is 0 Å². The van der Waals surface area contributed by atoms with Crippen LogP contribution in [-0.2, 0) is 9.16 Å². The standard InChI is InChI=1S/C23H28O2Si/c1-19-22(25-19)17-11-12-18-24-26(23(2,3)4,20-13-7-5-8-14-20)21-15-9-6-10-16-21/h5-10,13-16,19,22H,12,18H2,1-4H3/t19-,22+/m1/s1. The van der Waals surface area contributed by atoms with Crippen molar-refractivity contribution in [3.8, 4) is 11.8 Å². The molecule has 0 radical (unpaired) electrons. The quantitative estimate of drug-likeness (QED) is 0.349. The minimum atomic E-state index is -2.42. The van der Waals surface area contributed by atoms with Crippen LogP contribution in [0.15, 0.2) is 60.7 Å². The fraction of sp³-hybridized carbons (Fsp3) is 0.391. The number of ether oxygens (including phenoxy) is 1. The Bertz CT molecular complexity index is 729. The predicted octanol–water partition coefficient (Wildman–Crippen LogP) is 3.74. The van der Waals surface area contributed by atoms with Crippen LogP contribution in [0.25, 0.3) is 0 Å². The van der Waals surface area contributed by atoms with Gasteiger partial charge < -0.3 is 9.16 Å². The summed E-state index contributed by atoms with van der Waals surface area (Å²) >= 11 is 0. The number of hydrogen-bond acceptors (Lipinski definition) is 2. The van der Waals surface area contributed by atoms with Gasteiger partial charge in [-0.25, -0.2) is 0 Å². The molecule has 0 N–H and O–H groups in total. The van der Waals surface area contributed by atoms with Crippen LogP contribution in [0.3, 0.4) is 0 Å². The molecule has 2 aromatic carbocycles. The maximum Gasteiger partial charge on any atom is 0.261 e. The lowest BCUT2D eigenvalue weighted by Gasteiger charge is -2.43. The van der Waals surface area contributed by atoms with Gasteiger partial charge in [0.2, 0.25) is 0 Å². The fourth-order valence-corrected chi connectivity index (χ4v) is 8.09. The summed E-state index contributed by atoms with van der Waals surface area (Å²) in [7, 11) is -2.42. The van der Waals surface area contributed by atoms with Crippen molar-refractivity contribution in [3.63, 3.8) is 0 Å². The molecule has 0 saturated carbocycles. The van der Waals surface area contributed by atoms with E-state index in [1.54, 1.807) is 0 Å². The average molecular weight is 365 g/mol. The molecule has 2 aromatic rings. The molecule has 1 heterocycles. The molecular formula is C23H28O2Si. The summed E-state index contributed by atoms with van der Waals surface area (Å²) in [5.41, 5.74) is 0. The average Bonchev–Trinajstić information content (AvgIpc) is 3.34. The van der Waals surface area contributed by atoms with Gasteiger partial charge in [-0.3, -0.25) is 0 Å². The highest BCUT2D eigenvalue weighted by Crippen LogP contribution is 2.36. The summed E-state index contributed by atoms with van der Waals surface area (Å²) in [4.78, 5) is 0. The SMILES string of the molecule is C[C@H]1O[C@H]1C#CCCO[Si](c1ccccc1)(c1ccccc1)C(C)(C)C. The van der Waals surface area contributed by atoms with E-state index in [1.807, 2.05) is 0 Å². The molecule has 1 fully saturated rings. The largest absolute Gasteiger partial charge is 0.406 e. The second-order valence-electron chi connectivity index (χ2n) is 7.84. The monoisotopic (exact) mass is 364 g/mol. The molecule has 26 heavy (non-hydrogen) atoms. The van der Waals surface area contributed by atoms with E-state index in [4.69, 9.17) is 9.16 Å². The maximum atomic E-state index is 6.79. The Hall–Kier alpha value is -1.86. The van der Waals surface area contributed by atoms with E-state index < -0.39 is 8.32 Å². The Balaban J connectivity index is 1.90. The van der Waals surface area contributed by atoms with E-state index in [9.17, 15) is 0 Å². The first-order valence-corrected chi connectivity index (χ1v) is 11.2. The van der Waals surface area contributed by atoms with Crippen LogP contribution in [-0.4, -0.2) is 27.1 Å². The van der Waals surface area contributed by atoms with Crippen molar-refractivity contribution in [1.29, 1.82) is 0 Å². The van der Waals surface area contributed by atoms with Gasteiger partial charge in [-0.1, -0.05) is 93.3 Å². The highest BCUT2D eigenvalue weighted by Gasteiger charge is 2.49. The number of hydrogen-bond donors (Lipinski definition) is 0. The summed E-state index contributed by atoms with van der Waals surface area (Å²) in [5, 5.41) is 2.63. The van der Waals surface area contributed by atoms with Crippen LogP contribution in [0.1, 0.15) is 34.1 Å². The van der Waals surface area contributed by atoms with Gasteiger partial charge in [0.15, 0.2) is 0 Å². The zero-order valence-corrected chi connectivity index (χ0v) is 17.2. The van der Waals surface area contributed by atoms with Crippen molar-refractivity contribution in [2.24, 2.45) is 0 Å². The van der Waals surface area contributed by atoms with Crippen LogP contribution in [0.4, 0.5) is 0 Å². The lowest BCUT2D eigenvalue weighted by atomic mass is 10.2. The van der Waals surface area contributed by atoms with Crippen molar-refractivity contribution in [2.75, 3.05) is 6.61 Å². The molecule has 0 spiro atoms. The van der Waals surface area contributed by atoms with Crippen molar-refractivity contribution >= 4 is 18.7 Å². The topological polar surface area (TPSA) is 21.8 Å². The van der Waals surface area contributed by atoms with Crippen LogP contribution >= 0.6 is 0 Å². The Morgan fingerprint density at radius 2 is 1.46 bits per heavy atom. The lowest BCUT2D eigenvalue weighted by Crippen LogP contribution is -2.66. The molecule has 0 bridgehead atoms. The molecule has 0 aromatic heterocycles. The third-order valence-corrected chi connectivity index (χ3v) is 9.96.